The van der Waals surface area contributed by atoms with Gasteiger partial charge in [0.15, 0.2) is 0 Å². The Balaban J connectivity index is 2.33. The largest absolute Gasteiger partial charge is 0.326 e. The third kappa shape index (κ3) is 3.91. The maximum absolute atomic E-state index is 12.4. The molecule has 7 heteroatoms. The molecule has 0 radical (unpaired) electrons. The summed E-state index contributed by atoms with van der Waals surface area (Å²) in [7, 11) is -3.74. The lowest BCUT2D eigenvalue weighted by Gasteiger charge is -2.11. The van der Waals surface area contributed by atoms with Gasteiger partial charge in [0, 0.05) is 17.1 Å². The molecule has 0 aromatic heterocycles. The highest BCUT2D eigenvalue weighted by Crippen LogP contribution is 2.26. The molecule has 112 valence electrons. The number of anilines is 1. The van der Waals surface area contributed by atoms with Gasteiger partial charge in [-0.2, -0.15) is 0 Å². The Morgan fingerprint density at radius 2 is 1.86 bits per heavy atom. The van der Waals surface area contributed by atoms with E-state index in [4.69, 9.17) is 17.3 Å². The van der Waals surface area contributed by atoms with E-state index in [2.05, 4.69) is 4.72 Å². The van der Waals surface area contributed by atoms with E-state index >= 15 is 0 Å². The van der Waals surface area contributed by atoms with E-state index in [-0.39, 0.29) is 16.5 Å². The Morgan fingerprint density at radius 1 is 1.19 bits per heavy atom. The Hall–Kier alpha value is -1.21. The minimum atomic E-state index is -3.74. The molecule has 2 aromatic carbocycles. The summed E-state index contributed by atoms with van der Waals surface area (Å²) >= 11 is 7.58. The van der Waals surface area contributed by atoms with Crippen LogP contribution in [0, 0.1) is 0 Å². The van der Waals surface area contributed by atoms with Crippen molar-refractivity contribution >= 4 is 39.1 Å². The zero-order chi connectivity index (χ0) is 15.5. The van der Waals surface area contributed by atoms with Gasteiger partial charge in [0.2, 0.25) is 0 Å². The summed E-state index contributed by atoms with van der Waals surface area (Å²) in [5, 5.41) is 0.167. The lowest BCUT2D eigenvalue weighted by Crippen LogP contribution is -2.14. The second-order valence-corrected chi connectivity index (χ2v) is 7.24. The SMILES string of the molecule is CSc1ccc(NS(=O)(=O)c2cc(CN)ccc2Cl)cc1. The van der Waals surface area contributed by atoms with Crippen LogP contribution in [0.2, 0.25) is 5.02 Å². The van der Waals surface area contributed by atoms with Crippen molar-refractivity contribution < 1.29 is 8.42 Å². The predicted octanol–water partition coefficient (Wildman–Crippen LogP) is 3.32. The molecule has 3 N–H and O–H groups in total. The molecule has 21 heavy (non-hydrogen) atoms. The average Bonchev–Trinajstić information content (AvgIpc) is 2.48. The summed E-state index contributed by atoms with van der Waals surface area (Å²) in [6.07, 6.45) is 1.96. The Labute approximate surface area is 133 Å². The lowest BCUT2D eigenvalue weighted by atomic mass is 10.2. The molecule has 2 aromatic rings. The molecular weight excluding hydrogens is 328 g/mol. The topological polar surface area (TPSA) is 72.2 Å². The van der Waals surface area contributed by atoms with Gasteiger partial charge in [-0.25, -0.2) is 8.42 Å². The highest BCUT2D eigenvalue weighted by molar-refractivity contribution is 7.98. The Kier molecular flexibility index (Phi) is 5.16. The third-order valence-corrected chi connectivity index (χ3v) is 5.47. The molecule has 0 fully saturated rings. The molecule has 0 bridgehead atoms. The highest BCUT2D eigenvalue weighted by Gasteiger charge is 2.18. The summed E-state index contributed by atoms with van der Waals surface area (Å²) in [6.45, 7) is 0.252. The van der Waals surface area contributed by atoms with E-state index in [1.54, 1.807) is 30.0 Å². The summed E-state index contributed by atoms with van der Waals surface area (Å²) in [6, 6.07) is 11.8. The van der Waals surface area contributed by atoms with Crippen LogP contribution in [-0.2, 0) is 16.6 Å². The van der Waals surface area contributed by atoms with Crippen LogP contribution in [-0.4, -0.2) is 14.7 Å². The lowest BCUT2D eigenvalue weighted by molar-refractivity contribution is 0.601. The molecule has 4 nitrogen and oxygen atoms in total. The van der Waals surface area contributed by atoms with E-state index in [1.165, 1.54) is 12.1 Å². The molecule has 0 aliphatic heterocycles. The molecule has 0 heterocycles. The van der Waals surface area contributed by atoms with Crippen LogP contribution in [0.4, 0.5) is 5.69 Å². The number of halogens is 1. The van der Waals surface area contributed by atoms with Gasteiger partial charge in [-0.05, 0) is 48.2 Å². The number of nitrogens with one attached hydrogen (secondary N) is 1. The first-order valence-corrected chi connectivity index (χ1v) is 9.20. The van der Waals surface area contributed by atoms with Crippen molar-refractivity contribution in [1.29, 1.82) is 0 Å². The van der Waals surface area contributed by atoms with E-state index < -0.39 is 10.0 Å². The van der Waals surface area contributed by atoms with Crippen molar-refractivity contribution in [3.63, 3.8) is 0 Å². The zero-order valence-electron chi connectivity index (χ0n) is 11.3. The second kappa shape index (κ2) is 6.70. The van der Waals surface area contributed by atoms with Crippen LogP contribution >= 0.6 is 23.4 Å². The van der Waals surface area contributed by atoms with Crippen LogP contribution in [0.1, 0.15) is 5.56 Å². The first-order valence-electron chi connectivity index (χ1n) is 6.11. The van der Waals surface area contributed by atoms with Gasteiger partial charge in [-0.1, -0.05) is 17.7 Å². The predicted molar refractivity (Wildman–Crippen MR) is 88.4 cm³/mol. The van der Waals surface area contributed by atoms with Crippen molar-refractivity contribution in [2.75, 3.05) is 11.0 Å². The summed E-state index contributed by atoms with van der Waals surface area (Å²) in [5.41, 5.74) is 6.73. The number of nitrogens with two attached hydrogens (primary N) is 1. The fourth-order valence-corrected chi connectivity index (χ4v) is 3.77. The molecule has 0 spiro atoms. The third-order valence-electron chi connectivity index (χ3n) is 2.86. The van der Waals surface area contributed by atoms with Gasteiger partial charge in [0.25, 0.3) is 10.0 Å². The molecule has 0 unspecified atom stereocenters. The number of hydrogen-bond donors (Lipinski definition) is 2. The number of sulfonamides is 1. The maximum Gasteiger partial charge on any atom is 0.263 e. The first kappa shape index (κ1) is 16.2. The maximum atomic E-state index is 12.4. The van der Waals surface area contributed by atoms with Crippen LogP contribution in [0.3, 0.4) is 0 Å². The second-order valence-electron chi connectivity index (χ2n) is 4.30. The van der Waals surface area contributed by atoms with Crippen LogP contribution in [0.5, 0.6) is 0 Å². The molecule has 0 atom stereocenters. The molecule has 0 saturated carbocycles. The van der Waals surface area contributed by atoms with Crippen molar-refractivity contribution in [3.05, 3.63) is 53.1 Å². The molecule has 0 aliphatic carbocycles. The van der Waals surface area contributed by atoms with E-state index in [0.717, 1.165) is 4.90 Å². The Morgan fingerprint density at radius 3 is 2.43 bits per heavy atom. The first-order chi connectivity index (χ1) is 9.96. The molecule has 0 aliphatic rings. The van der Waals surface area contributed by atoms with Crippen molar-refractivity contribution in [2.45, 2.75) is 16.3 Å². The molecule has 0 saturated heterocycles. The van der Waals surface area contributed by atoms with Gasteiger partial charge >= 0.3 is 0 Å². The summed E-state index contributed by atoms with van der Waals surface area (Å²) in [5.74, 6) is 0. The number of rotatable bonds is 5. The quantitative estimate of drug-likeness (QED) is 0.817. The zero-order valence-corrected chi connectivity index (χ0v) is 13.7. The average molecular weight is 343 g/mol. The fraction of sp³-hybridized carbons (Fsp3) is 0.143. The standard InChI is InChI=1S/C14H15ClN2O2S2/c1-20-12-5-3-11(4-6-12)17-21(18,19)14-8-10(9-16)2-7-13(14)15/h2-8,17H,9,16H2,1H3. The van der Waals surface area contributed by atoms with Crippen molar-refractivity contribution in [2.24, 2.45) is 5.73 Å². The van der Waals surface area contributed by atoms with Crippen molar-refractivity contribution in [3.8, 4) is 0 Å². The highest BCUT2D eigenvalue weighted by atomic mass is 35.5. The van der Waals surface area contributed by atoms with E-state index in [0.29, 0.717) is 11.3 Å². The minimum Gasteiger partial charge on any atom is -0.326 e. The van der Waals surface area contributed by atoms with Gasteiger partial charge in [0.1, 0.15) is 4.90 Å². The van der Waals surface area contributed by atoms with E-state index in [9.17, 15) is 8.42 Å². The normalized spacial score (nSPS) is 11.4. The monoisotopic (exact) mass is 342 g/mol. The number of benzene rings is 2. The van der Waals surface area contributed by atoms with Crippen LogP contribution < -0.4 is 10.5 Å². The van der Waals surface area contributed by atoms with Gasteiger partial charge in [0.05, 0.1) is 5.02 Å². The molecule has 2 rings (SSSR count). The Bertz CT molecular complexity index is 731. The van der Waals surface area contributed by atoms with Crippen LogP contribution in [0.15, 0.2) is 52.3 Å². The number of thioether (sulfide) groups is 1. The minimum absolute atomic E-state index is 0.0288. The van der Waals surface area contributed by atoms with Gasteiger partial charge < -0.3 is 5.73 Å². The summed E-state index contributed by atoms with van der Waals surface area (Å²) in [4.78, 5) is 1.09. The molecule has 0 amide bonds. The van der Waals surface area contributed by atoms with E-state index in [1.807, 2.05) is 18.4 Å². The smallest absolute Gasteiger partial charge is 0.263 e. The van der Waals surface area contributed by atoms with Crippen LogP contribution in [0.25, 0.3) is 0 Å². The number of hydrogen-bond acceptors (Lipinski definition) is 4. The van der Waals surface area contributed by atoms with Crippen molar-refractivity contribution in [1.82, 2.24) is 0 Å². The fourth-order valence-electron chi connectivity index (χ4n) is 1.75. The summed E-state index contributed by atoms with van der Waals surface area (Å²) < 4.78 is 27.3. The van der Waals surface area contributed by atoms with Gasteiger partial charge in [-0.15, -0.1) is 11.8 Å². The van der Waals surface area contributed by atoms with Gasteiger partial charge in [-0.3, -0.25) is 4.72 Å². The molecular formula is C14H15ClN2O2S2.